The Morgan fingerprint density at radius 3 is 2.38 bits per heavy atom. The molecule has 1 aromatic heterocycles. The molecular formula is C28H29NO4S. The van der Waals surface area contributed by atoms with Gasteiger partial charge < -0.3 is 14.3 Å². The molecule has 4 aromatic rings. The lowest BCUT2D eigenvalue weighted by molar-refractivity contribution is -0.142. The van der Waals surface area contributed by atoms with Crippen molar-refractivity contribution in [1.82, 2.24) is 4.73 Å². The van der Waals surface area contributed by atoms with Gasteiger partial charge in [-0.05, 0) is 55.8 Å². The largest absolute Gasteiger partial charge is 0.493 e. The summed E-state index contributed by atoms with van der Waals surface area (Å²) in [4.78, 5) is 19.1. The van der Waals surface area contributed by atoms with Crippen molar-refractivity contribution in [2.45, 2.75) is 36.5 Å². The Bertz CT molecular complexity index is 1230. The minimum Gasteiger partial charge on any atom is -0.493 e. The summed E-state index contributed by atoms with van der Waals surface area (Å²) in [5, 5.41) is 1.14. The first kappa shape index (κ1) is 23.8. The zero-order valence-corrected chi connectivity index (χ0v) is 20.5. The van der Waals surface area contributed by atoms with Crippen LogP contribution in [0.5, 0.6) is 5.75 Å². The van der Waals surface area contributed by atoms with Crippen molar-refractivity contribution >= 4 is 28.6 Å². The Labute approximate surface area is 204 Å². The number of ether oxygens (including phenoxy) is 2. The first-order valence-electron chi connectivity index (χ1n) is 11.2. The van der Waals surface area contributed by atoms with Crippen LogP contribution < -0.4 is 9.57 Å². The third-order valence-electron chi connectivity index (χ3n) is 5.44. The van der Waals surface area contributed by atoms with E-state index >= 15 is 0 Å². The third-order valence-corrected chi connectivity index (χ3v) is 6.63. The fourth-order valence-electron chi connectivity index (χ4n) is 3.69. The second kappa shape index (κ2) is 10.7. The van der Waals surface area contributed by atoms with E-state index in [0.717, 1.165) is 32.8 Å². The van der Waals surface area contributed by atoms with Crippen LogP contribution in [0.25, 0.3) is 10.9 Å². The monoisotopic (exact) mass is 475 g/mol. The van der Waals surface area contributed by atoms with Gasteiger partial charge in [0, 0.05) is 16.7 Å². The van der Waals surface area contributed by atoms with Crippen LogP contribution in [0, 0.1) is 0 Å². The molecule has 0 amide bonds. The zero-order chi connectivity index (χ0) is 24.0. The molecule has 0 aliphatic rings. The number of aromatic nitrogens is 1. The molecule has 4 rings (SSSR count). The van der Waals surface area contributed by atoms with Crippen molar-refractivity contribution in [2.24, 2.45) is 0 Å². The van der Waals surface area contributed by atoms with Crippen molar-refractivity contribution in [2.75, 3.05) is 13.7 Å². The molecule has 0 radical (unpaired) electrons. The third kappa shape index (κ3) is 5.75. The van der Waals surface area contributed by atoms with Gasteiger partial charge in [0.1, 0.15) is 17.1 Å². The van der Waals surface area contributed by atoms with Crippen molar-refractivity contribution in [1.29, 1.82) is 0 Å². The maximum Gasteiger partial charge on any atom is 0.321 e. The number of hydrogen-bond donors (Lipinski definition) is 0. The molecule has 5 nitrogen and oxygen atoms in total. The van der Waals surface area contributed by atoms with Gasteiger partial charge >= 0.3 is 5.97 Å². The van der Waals surface area contributed by atoms with Gasteiger partial charge in [0.15, 0.2) is 0 Å². The average Bonchev–Trinajstić information content (AvgIpc) is 3.21. The van der Waals surface area contributed by atoms with Crippen molar-refractivity contribution in [3.05, 3.63) is 96.2 Å². The van der Waals surface area contributed by atoms with Gasteiger partial charge in [-0.15, -0.1) is 11.8 Å². The molecule has 0 fully saturated rings. The first-order chi connectivity index (χ1) is 16.5. The number of methoxy groups -OCH3 is 1. The molecule has 0 atom stereocenters. The maximum absolute atomic E-state index is 11.9. The highest BCUT2D eigenvalue weighted by atomic mass is 32.2. The Morgan fingerprint density at radius 2 is 1.65 bits per heavy atom. The predicted octanol–water partition coefficient (Wildman–Crippen LogP) is 5.94. The average molecular weight is 476 g/mol. The number of para-hydroxylation sites is 1. The van der Waals surface area contributed by atoms with E-state index in [-0.39, 0.29) is 5.97 Å². The number of fused-ring (bicyclic) bond motifs is 1. The van der Waals surface area contributed by atoms with Gasteiger partial charge in [-0.25, -0.2) is 0 Å². The van der Waals surface area contributed by atoms with Crippen LogP contribution in [-0.2, 0) is 22.6 Å². The van der Waals surface area contributed by atoms with Crippen LogP contribution in [0.15, 0.2) is 89.8 Å². The summed E-state index contributed by atoms with van der Waals surface area (Å²) in [5.74, 6) is 0.538. The molecule has 0 unspecified atom stereocenters. The molecule has 0 saturated heterocycles. The van der Waals surface area contributed by atoms with Crippen LogP contribution in [0.1, 0.15) is 25.1 Å². The van der Waals surface area contributed by atoms with E-state index in [1.807, 2.05) is 73.2 Å². The summed E-state index contributed by atoms with van der Waals surface area (Å²) in [6.45, 7) is 4.72. The van der Waals surface area contributed by atoms with E-state index in [1.54, 1.807) is 0 Å². The topological polar surface area (TPSA) is 49.7 Å². The molecular weight excluding hydrogens is 446 g/mol. The predicted molar refractivity (Wildman–Crippen MR) is 136 cm³/mol. The van der Waals surface area contributed by atoms with Gasteiger partial charge in [-0.1, -0.05) is 48.5 Å². The standard InChI is InChI=1S/C28H29NO4S/c1-28(2,27(30)31-3)34-25-15-13-24(14-16-25)32-18-17-23-19-22-11-7-8-12-26(22)29(23)33-20-21-9-5-4-6-10-21/h4-16,19H,17-18,20H2,1-3H3. The quantitative estimate of drug-likeness (QED) is 0.210. The van der Waals surface area contributed by atoms with Crippen molar-refractivity contribution < 1.29 is 19.1 Å². The van der Waals surface area contributed by atoms with Crippen LogP contribution >= 0.6 is 11.8 Å². The number of rotatable bonds is 10. The van der Waals surface area contributed by atoms with E-state index in [1.165, 1.54) is 18.9 Å². The number of nitrogens with zero attached hydrogens (tertiary/aromatic N) is 1. The summed E-state index contributed by atoms with van der Waals surface area (Å²) in [7, 11) is 1.41. The Morgan fingerprint density at radius 1 is 0.941 bits per heavy atom. The molecule has 3 aromatic carbocycles. The fourth-order valence-corrected chi connectivity index (χ4v) is 4.71. The lowest BCUT2D eigenvalue weighted by atomic mass is 10.2. The number of hydrogen-bond acceptors (Lipinski definition) is 5. The normalized spacial score (nSPS) is 11.4. The number of benzene rings is 3. The molecule has 0 aliphatic heterocycles. The summed E-state index contributed by atoms with van der Waals surface area (Å²) < 4.78 is 12.2. The van der Waals surface area contributed by atoms with E-state index in [4.69, 9.17) is 14.3 Å². The summed E-state index contributed by atoms with van der Waals surface area (Å²) in [6, 6.07) is 28.3. The lowest BCUT2D eigenvalue weighted by Crippen LogP contribution is -2.28. The highest BCUT2D eigenvalue weighted by Crippen LogP contribution is 2.34. The van der Waals surface area contributed by atoms with Crippen LogP contribution in [0.3, 0.4) is 0 Å². The Kier molecular flexibility index (Phi) is 7.48. The van der Waals surface area contributed by atoms with Gasteiger partial charge in [-0.3, -0.25) is 4.79 Å². The molecule has 0 bridgehead atoms. The van der Waals surface area contributed by atoms with Gasteiger partial charge in [0.05, 0.1) is 24.9 Å². The molecule has 0 spiro atoms. The minimum absolute atomic E-state index is 0.248. The summed E-state index contributed by atoms with van der Waals surface area (Å²) in [5.41, 5.74) is 3.22. The zero-order valence-electron chi connectivity index (χ0n) is 19.7. The molecule has 0 N–H and O–H groups in total. The fraction of sp³-hybridized carbons (Fsp3) is 0.250. The van der Waals surface area contributed by atoms with Crippen molar-refractivity contribution in [3.8, 4) is 5.75 Å². The van der Waals surface area contributed by atoms with Gasteiger partial charge in [-0.2, -0.15) is 4.73 Å². The SMILES string of the molecule is COC(=O)C(C)(C)Sc1ccc(OCCc2cc3ccccc3n2OCc2ccccc2)cc1. The van der Waals surface area contributed by atoms with E-state index < -0.39 is 4.75 Å². The molecule has 176 valence electrons. The molecule has 0 aliphatic carbocycles. The number of carbonyl (C=O) groups excluding carboxylic acids is 1. The Balaban J connectivity index is 1.39. The van der Waals surface area contributed by atoms with Crippen LogP contribution in [0.2, 0.25) is 0 Å². The van der Waals surface area contributed by atoms with E-state index in [9.17, 15) is 4.79 Å². The summed E-state index contributed by atoms with van der Waals surface area (Å²) in [6.07, 6.45) is 0.704. The molecule has 0 saturated carbocycles. The van der Waals surface area contributed by atoms with E-state index in [2.05, 4.69) is 30.3 Å². The molecule has 6 heteroatoms. The lowest BCUT2D eigenvalue weighted by Gasteiger charge is -2.20. The number of thioether (sulfide) groups is 1. The second-order valence-corrected chi connectivity index (χ2v) is 10.1. The Hall–Kier alpha value is -3.38. The van der Waals surface area contributed by atoms with Crippen LogP contribution in [-0.4, -0.2) is 29.2 Å². The smallest absolute Gasteiger partial charge is 0.321 e. The van der Waals surface area contributed by atoms with Gasteiger partial charge in [0.2, 0.25) is 0 Å². The number of esters is 1. The highest BCUT2D eigenvalue weighted by Gasteiger charge is 2.29. The van der Waals surface area contributed by atoms with Gasteiger partial charge in [0.25, 0.3) is 0 Å². The van der Waals surface area contributed by atoms with E-state index in [0.29, 0.717) is 19.6 Å². The first-order valence-corrected chi connectivity index (χ1v) is 12.0. The maximum atomic E-state index is 11.9. The summed E-state index contributed by atoms with van der Waals surface area (Å²) >= 11 is 1.47. The number of carbonyl (C=O) groups is 1. The molecule has 34 heavy (non-hydrogen) atoms. The van der Waals surface area contributed by atoms with Crippen molar-refractivity contribution in [3.63, 3.8) is 0 Å². The molecule has 1 heterocycles. The second-order valence-electron chi connectivity index (χ2n) is 8.42. The van der Waals surface area contributed by atoms with Crippen LogP contribution in [0.4, 0.5) is 0 Å². The highest BCUT2D eigenvalue weighted by molar-refractivity contribution is 8.01. The minimum atomic E-state index is -0.649.